The van der Waals surface area contributed by atoms with Crippen LogP contribution >= 0.6 is 27.5 Å². The molecule has 25 heavy (non-hydrogen) atoms. The van der Waals surface area contributed by atoms with E-state index in [1.807, 2.05) is 0 Å². The standard InChI is InChI=1S/C16H17BrClN3O3S/c1-3-21(4-2)25(23,24)14-9-11(5-7-13(14)18)16(22)20-15-8-6-12(17)10-19-15/h5-10H,3-4H2,1-2H3,(H,19,20,22). The maximum atomic E-state index is 12.7. The molecule has 0 saturated carbocycles. The average Bonchev–Trinajstić information content (AvgIpc) is 2.58. The van der Waals surface area contributed by atoms with Crippen molar-refractivity contribution in [1.82, 2.24) is 9.29 Å². The van der Waals surface area contributed by atoms with Crippen LogP contribution in [0.3, 0.4) is 0 Å². The van der Waals surface area contributed by atoms with Crippen LogP contribution in [0.2, 0.25) is 5.02 Å². The van der Waals surface area contributed by atoms with Crippen LogP contribution in [0.25, 0.3) is 0 Å². The van der Waals surface area contributed by atoms with Crippen LogP contribution in [-0.4, -0.2) is 36.7 Å². The van der Waals surface area contributed by atoms with Gasteiger partial charge in [0.2, 0.25) is 10.0 Å². The second kappa shape index (κ2) is 8.27. The molecule has 134 valence electrons. The zero-order chi connectivity index (χ0) is 18.6. The van der Waals surface area contributed by atoms with Crippen molar-refractivity contribution < 1.29 is 13.2 Å². The van der Waals surface area contributed by atoms with Crippen molar-refractivity contribution in [3.63, 3.8) is 0 Å². The van der Waals surface area contributed by atoms with Gasteiger partial charge in [0.1, 0.15) is 10.7 Å². The Morgan fingerprint density at radius 1 is 1.24 bits per heavy atom. The van der Waals surface area contributed by atoms with Crippen molar-refractivity contribution in [2.24, 2.45) is 0 Å². The van der Waals surface area contributed by atoms with E-state index >= 15 is 0 Å². The maximum absolute atomic E-state index is 12.7. The van der Waals surface area contributed by atoms with Crippen LogP contribution in [0.1, 0.15) is 24.2 Å². The molecular weight excluding hydrogens is 430 g/mol. The predicted molar refractivity (Wildman–Crippen MR) is 101 cm³/mol. The summed E-state index contributed by atoms with van der Waals surface area (Å²) in [6, 6.07) is 7.52. The number of nitrogens with one attached hydrogen (secondary N) is 1. The average molecular weight is 447 g/mol. The largest absolute Gasteiger partial charge is 0.307 e. The highest BCUT2D eigenvalue weighted by Crippen LogP contribution is 2.26. The van der Waals surface area contributed by atoms with Gasteiger partial charge in [-0.15, -0.1) is 0 Å². The van der Waals surface area contributed by atoms with E-state index in [9.17, 15) is 13.2 Å². The molecule has 0 bridgehead atoms. The lowest BCUT2D eigenvalue weighted by Gasteiger charge is -2.19. The molecule has 1 aromatic heterocycles. The van der Waals surface area contributed by atoms with Gasteiger partial charge < -0.3 is 5.32 Å². The van der Waals surface area contributed by atoms with E-state index in [0.717, 1.165) is 4.47 Å². The van der Waals surface area contributed by atoms with Crippen LogP contribution in [0.15, 0.2) is 45.9 Å². The first-order chi connectivity index (χ1) is 11.8. The Bertz CT molecular complexity index is 869. The number of amides is 1. The Hall–Kier alpha value is -1.48. The number of carbonyl (C=O) groups is 1. The van der Waals surface area contributed by atoms with Gasteiger partial charge in [0.25, 0.3) is 5.91 Å². The Kier molecular flexibility index (Phi) is 6.56. The minimum Gasteiger partial charge on any atom is -0.307 e. The summed E-state index contributed by atoms with van der Waals surface area (Å²) >= 11 is 9.33. The molecule has 1 N–H and O–H groups in total. The fraction of sp³-hybridized carbons (Fsp3) is 0.250. The summed E-state index contributed by atoms with van der Waals surface area (Å²) in [5.74, 6) is -0.112. The highest BCUT2D eigenvalue weighted by atomic mass is 79.9. The number of hydrogen-bond acceptors (Lipinski definition) is 4. The van der Waals surface area contributed by atoms with E-state index in [1.165, 1.54) is 22.5 Å². The van der Waals surface area contributed by atoms with Gasteiger partial charge in [0, 0.05) is 29.3 Å². The van der Waals surface area contributed by atoms with Crippen molar-refractivity contribution in [2.45, 2.75) is 18.7 Å². The van der Waals surface area contributed by atoms with Crippen LogP contribution in [0, 0.1) is 0 Å². The lowest BCUT2D eigenvalue weighted by molar-refractivity contribution is 0.102. The fourth-order valence-corrected chi connectivity index (χ4v) is 4.38. The van der Waals surface area contributed by atoms with Crippen LogP contribution < -0.4 is 5.32 Å². The van der Waals surface area contributed by atoms with Crippen molar-refractivity contribution in [2.75, 3.05) is 18.4 Å². The molecule has 0 radical (unpaired) electrons. The zero-order valence-corrected chi connectivity index (χ0v) is 16.8. The van der Waals surface area contributed by atoms with Crippen molar-refractivity contribution in [1.29, 1.82) is 0 Å². The smallest absolute Gasteiger partial charge is 0.256 e. The Labute approximate surface area is 160 Å². The SMILES string of the molecule is CCN(CC)S(=O)(=O)c1cc(C(=O)Nc2ccc(Br)cn2)ccc1Cl. The minimum atomic E-state index is -3.77. The summed E-state index contributed by atoms with van der Waals surface area (Å²) < 4.78 is 27.4. The number of carbonyl (C=O) groups excluding carboxylic acids is 1. The Morgan fingerprint density at radius 2 is 1.92 bits per heavy atom. The molecule has 0 atom stereocenters. The quantitative estimate of drug-likeness (QED) is 0.732. The van der Waals surface area contributed by atoms with E-state index in [-0.39, 0.29) is 15.5 Å². The molecule has 0 saturated heterocycles. The van der Waals surface area contributed by atoms with Gasteiger partial charge in [-0.2, -0.15) is 4.31 Å². The zero-order valence-electron chi connectivity index (χ0n) is 13.7. The molecule has 1 aromatic carbocycles. The lowest BCUT2D eigenvalue weighted by atomic mass is 10.2. The van der Waals surface area contributed by atoms with Crippen molar-refractivity contribution in [3.8, 4) is 0 Å². The molecule has 9 heteroatoms. The predicted octanol–water partition coefficient (Wildman–Crippen LogP) is 3.78. The number of rotatable bonds is 6. The van der Waals surface area contributed by atoms with E-state index < -0.39 is 15.9 Å². The first-order valence-corrected chi connectivity index (χ1v) is 10.1. The number of anilines is 1. The molecule has 2 rings (SSSR count). The summed E-state index contributed by atoms with van der Waals surface area (Å²) in [5, 5.41) is 2.69. The summed E-state index contributed by atoms with van der Waals surface area (Å²) in [7, 11) is -3.77. The van der Waals surface area contributed by atoms with Gasteiger partial charge >= 0.3 is 0 Å². The monoisotopic (exact) mass is 445 g/mol. The topological polar surface area (TPSA) is 79.4 Å². The van der Waals surface area contributed by atoms with Gasteiger partial charge in [-0.1, -0.05) is 25.4 Å². The second-order valence-electron chi connectivity index (χ2n) is 5.05. The first-order valence-electron chi connectivity index (χ1n) is 7.52. The fourth-order valence-electron chi connectivity index (χ4n) is 2.18. The summed E-state index contributed by atoms with van der Waals surface area (Å²) in [6.07, 6.45) is 1.55. The molecule has 0 aliphatic carbocycles. The van der Waals surface area contributed by atoms with Crippen LogP contribution in [0.4, 0.5) is 5.82 Å². The minimum absolute atomic E-state index is 0.0743. The van der Waals surface area contributed by atoms with Crippen LogP contribution in [-0.2, 0) is 10.0 Å². The van der Waals surface area contributed by atoms with Crippen LogP contribution in [0.5, 0.6) is 0 Å². The van der Waals surface area contributed by atoms with E-state index in [1.54, 1.807) is 32.2 Å². The van der Waals surface area contributed by atoms with Crippen molar-refractivity contribution >= 4 is 49.3 Å². The third kappa shape index (κ3) is 4.58. The number of aromatic nitrogens is 1. The first kappa shape index (κ1) is 19.8. The maximum Gasteiger partial charge on any atom is 0.256 e. The molecule has 6 nitrogen and oxygen atoms in total. The molecule has 1 heterocycles. The molecule has 0 unspecified atom stereocenters. The van der Waals surface area contributed by atoms with Gasteiger partial charge in [0.05, 0.1) is 5.02 Å². The molecule has 1 amide bonds. The molecule has 0 aliphatic rings. The van der Waals surface area contributed by atoms with E-state index in [0.29, 0.717) is 18.9 Å². The summed E-state index contributed by atoms with van der Waals surface area (Å²) in [4.78, 5) is 16.4. The number of hydrogen-bond donors (Lipinski definition) is 1. The van der Waals surface area contributed by atoms with E-state index in [2.05, 4.69) is 26.2 Å². The lowest BCUT2D eigenvalue weighted by Crippen LogP contribution is -2.31. The molecule has 0 fully saturated rings. The normalized spacial score (nSPS) is 11.6. The summed E-state index contributed by atoms with van der Waals surface area (Å²) in [6.45, 7) is 4.11. The second-order valence-corrected chi connectivity index (χ2v) is 8.28. The third-order valence-electron chi connectivity index (χ3n) is 3.49. The number of pyridine rings is 1. The van der Waals surface area contributed by atoms with Gasteiger partial charge in [-0.05, 0) is 46.3 Å². The molecule has 0 spiro atoms. The number of nitrogens with zero attached hydrogens (tertiary/aromatic N) is 2. The Balaban J connectivity index is 2.35. The van der Waals surface area contributed by atoms with Gasteiger partial charge in [0.15, 0.2) is 0 Å². The number of benzene rings is 1. The third-order valence-corrected chi connectivity index (χ3v) is 6.49. The molecular formula is C16H17BrClN3O3S. The van der Waals surface area contributed by atoms with Gasteiger partial charge in [-0.25, -0.2) is 13.4 Å². The van der Waals surface area contributed by atoms with E-state index in [4.69, 9.17) is 11.6 Å². The molecule has 2 aromatic rings. The highest BCUT2D eigenvalue weighted by molar-refractivity contribution is 9.10. The number of halogens is 2. The van der Waals surface area contributed by atoms with Crippen molar-refractivity contribution in [3.05, 3.63) is 51.6 Å². The Morgan fingerprint density at radius 3 is 2.48 bits per heavy atom. The molecule has 0 aliphatic heterocycles. The summed E-state index contributed by atoms with van der Waals surface area (Å²) in [5.41, 5.74) is 0.180. The highest BCUT2D eigenvalue weighted by Gasteiger charge is 2.25. The number of sulfonamides is 1. The van der Waals surface area contributed by atoms with Gasteiger partial charge in [-0.3, -0.25) is 4.79 Å².